The molecule has 2 heterocycles. The molecule has 0 radical (unpaired) electrons. The molecule has 0 spiro atoms. The SMILES string of the molecule is Cc1cc(C(Cc2nc3ccccc3n2C)NN)sc1Br. The first-order valence-electron chi connectivity index (χ1n) is 6.72. The number of nitrogens with zero attached hydrogens (tertiary/aromatic N) is 2. The van der Waals surface area contributed by atoms with Crippen molar-refractivity contribution in [3.05, 3.63) is 50.4 Å². The Kier molecular flexibility index (Phi) is 4.12. The molecule has 110 valence electrons. The first kappa shape index (κ1) is 14.7. The van der Waals surface area contributed by atoms with E-state index < -0.39 is 0 Å². The van der Waals surface area contributed by atoms with Gasteiger partial charge in [0.05, 0.1) is 20.9 Å². The zero-order valence-electron chi connectivity index (χ0n) is 11.9. The molecule has 2 aromatic heterocycles. The lowest BCUT2D eigenvalue weighted by Crippen LogP contribution is -2.29. The van der Waals surface area contributed by atoms with Gasteiger partial charge in [0.2, 0.25) is 0 Å². The minimum Gasteiger partial charge on any atom is -0.331 e. The molecule has 4 nitrogen and oxygen atoms in total. The van der Waals surface area contributed by atoms with Crippen LogP contribution in [-0.4, -0.2) is 9.55 Å². The number of aromatic nitrogens is 2. The first-order valence-corrected chi connectivity index (χ1v) is 8.33. The van der Waals surface area contributed by atoms with Gasteiger partial charge in [0.25, 0.3) is 0 Å². The summed E-state index contributed by atoms with van der Waals surface area (Å²) >= 11 is 5.29. The van der Waals surface area contributed by atoms with Gasteiger partial charge in [-0.3, -0.25) is 11.3 Å². The fraction of sp³-hybridized carbons (Fsp3) is 0.267. The lowest BCUT2D eigenvalue weighted by Gasteiger charge is -2.13. The lowest BCUT2D eigenvalue weighted by atomic mass is 10.1. The van der Waals surface area contributed by atoms with E-state index in [2.05, 4.69) is 45.0 Å². The van der Waals surface area contributed by atoms with E-state index in [0.29, 0.717) is 0 Å². The molecule has 0 saturated carbocycles. The Morgan fingerprint density at radius 3 is 2.81 bits per heavy atom. The van der Waals surface area contributed by atoms with Crippen molar-refractivity contribution in [1.82, 2.24) is 15.0 Å². The van der Waals surface area contributed by atoms with Gasteiger partial charge in [-0.2, -0.15) is 0 Å². The average molecular weight is 365 g/mol. The van der Waals surface area contributed by atoms with Gasteiger partial charge in [0.1, 0.15) is 5.82 Å². The zero-order valence-corrected chi connectivity index (χ0v) is 14.3. The van der Waals surface area contributed by atoms with Gasteiger partial charge in [-0.15, -0.1) is 11.3 Å². The number of nitrogens with two attached hydrogens (primary N) is 1. The molecule has 0 fully saturated rings. The summed E-state index contributed by atoms with van der Waals surface area (Å²) in [5.41, 5.74) is 6.32. The Bertz CT molecular complexity index is 758. The molecular weight excluding hydrogens is 348 g/mol. The Hall–Kier alpha value is -1.21. The van der Waals surface area contributed by atoms with Crippen molar-refractivity contribution in [3.8, 4) is 0 Å². The maximum Gasteiger partial charge on any atom is 0.111 e. The number of hydrogen-bond donors (Lipinski definition) is 2. The van der Waals surface area contributed by atoms with Gasteiger partial charge in [-0.25, -0.2) is 4.98 Å². The van der Waals surface area contributed by atoms with Crippen molar-refractivity contribution in [1.29, 1.82) is 0 Å². The van der Waals surface area contributed by atoms with Crippen molar-refractivity contribution in [2.75, 3.05) is 0 Å². The van der Waals surface area contributed by atoms with Gasteiger partial charge < -0.3 is 4.57 Å². The van der Waals surface area contributed by atoms with Crippen LogP contribution < -0.4 is 11.3 Å². The number of para-hydroxylation sites is 2. The van der Waals surface area contributed by atoms with Crippen molar-refractivity contribution < 1.29 is 0 Å². The number of hydrazine groups is 1. The van der Waals surface area contributed by atoms with Crippen LogP contribution in [0.3, 0.4) is 0 Å². The van der Waals surface area contributed by atoms with E-state index in [9.17, 15) is 0 Å². The first-order chi connectivity index (χ1) is 10.1. The van der Waals surface area contributed by atoms with Gasteiger partial charge in [-0.1, -0.05) is 12.1 Å². The summed E-state index contributed by atoms with van der Waals surface area (Å²) in [5.74, 6) is 6.79. The van der Waals surface area contributed by atoms with Gasteiger partial charge in [0.15, 0.2) is 0 Å². The molecule has 3 rings (SSSR count). The Morgan fingerprint density at radius 1 is 1.43 bits per heavy atom. The van der Waals surface area contributed by atoms with Gasteiger partial charge in [0, 0.05) is 18.3 Å². The highest BCUT2D eigenvalue weighted by Crippen LogP contribution is 2.32. The summed E-state index contributed by atoms with van der Waals surface area (Å²) in [4.78, 5) is 5.93. The highest BCUT2D eigenvalue weighted by Gasteiger charge is 2.18. The molecule has 0 aliphatic carbocycles. The number of hydrogen-bond acceptors (Lipinski definition) is 4. The van der Waals surface area contributed by atoms with Crippen molar-refractivity contribution in [3.63, 3.8) is 0 Å². The third kappa shape index (κ3) is 2.76. The summed E-state index contributed by atoms with van der Waals surface area (Å²) in [5, 5.41) is 0. The second-order valence-corrected chi connectivity index (χ2v) is 7.51. The van der Waals surface area contributed by atoms with E-state index in [0.717, 1.165) is 27.1 Å². The number of benzene rings is 1. The maximum atomic E-state index is 5.76. The largest absolute Gasteiger partial charge is 0.331 e. The molecule has 21 heavy (non-hydrogen) atoms. The monoisotopic (exact) mass is 364 g/mol. The van der Waals surface area contributed by atoms with Crippen molar-refractivity contribution in [2.24, 2.45) is 12.9 Å². The number of rotatable bonds is 4. The lowest BCUT2D eigenvalue weighted by molar-refractivity contribution is 0.539. The summed E-state index contributed by atoms with van der Waals surface area (Å²) < 4.78 is 3.29. The molecule has 6 heteroatoms. The molecule has 0 aliphatic heterocycles. The Labute approximate surface area is 136 Å². The van der Waals surface area contributed by atoms with Crippen LogP contribution >= 0.6 is 27.3 Å². The molecule has 3 aromatic rings. The summed E-state index contributed by atoms with van der Waals surface area (Å²) in [6.07, 6.45) is 0.758. The fourth-order valence-electron chi connectivity index (χ4n) is 2.46. The number of halogens is 1. The van der Waals surface area contributed by atoms with Crippen LogP contribution in [0.15, 0.2) is 34.1 Å². The maximum absolute atomic E-state index is 5.76. The standard InChI is InChI=1S/C15H17BrN4S/c1-9-7-13(21-15(9)16)11(19-17)8-14-18-10-5-3-4-6-12(10)20(14)2/h3-7,11,19H,8,17H2,1-2H3. The van der Waals surface area contributed by atoms with Gasteiger partial charge >= 0.3 is 0 Å². The predicted octanol–water partition coefficient (Wildman–Crippen LogP) is 3.45. The number of fused-ring (bicyclic) bond motifs is 1. The van der Waals surface area contributed by atoms with E-state index in [4.69, 9.17) is 10.8 Å². The van der Waals surface area contributed by atoms with E-state index in [-0.39, 0.29) is 6.04 Å². The summed E-state index contributed by atoms with van der Waals surface area (Å²) in [7, 11) is 2.05. The van der Waals surface area contributed by atoms with E-state index in [1.807, 2.05) is 25.2 Å². The van der Waals surface area contributed by atoms with Crippen LogP contribution in [0, 0.1) is 6.92 Å². The molecule has 0 saturated heterocycles. The molecule has 3 N–H and O–H groups in total. The topological polar surface area (TPSA) is 55.9 Å². The molecular formula is C15H17BrN4S. The van der Waals surface area contributed by atoms with Crippen LogP contribution in [0.5, 0.6) is 0 Å². The third-order valence-electron chi connectivity index (χ3n) is 3.69. The van der Waals surface area contributed by atoms with Crippen molar-refractivity contribution >= 4 is 38.3 Å². The molecule has 0 amide bonds. The minimum absolute atomic E-state index is 0.0653. The highest BCUT2D eigenvalue weighted by atomic mass is 79.9. The third-order valence-corrected chi connectivity index (χ3v) is 5.94. The van der Waals surface area contributed by atoms with Crippen LogP contribution in [0.2, 0.25) is 0 Å². The fourth-order valence-corrected chi connectivity index (χ4v) is 4.09. The minimum atomic E-state index is 0.0653. The van der Waals surface area contributed by atoms with Crippen LogP contribution in [-0.2, 0) is 13.5 Å². The van der Waals surface area contributed by atoms with E-state index in [1.54, 1.807) is 11.3 Å². The van der Waals surface area contributed by atoms with Crippen LogP contribution in [0.25, 0.3) is 11.0 Å². The highest BCUT2D eigenvalue weighted by molar-refractivity contribution is 9.11. The number of imidazole rings is 1. The molecule has 0 bridgehead atoms. The normalized spacial score (nSPS) is 13.0. The molecule has 1 unspecified atom stereocenters. The second-order valence-electron chi connectivity index (χ2n) is 5.10. The molecule has 1 aromatic carbocycles. The number of nitrogens with one attached hydrogen (secondary N) is 1. The quantitative estimate of drug-likeness (QED) is 0.550. The number of aryl methyl sites for hydroxylation is 2. The Balaban J connectivity index is 1.94. The second kappa shape index (κ2) is 5.88. The van der Waals surface area contributed by atoms with Crippen LogP contribution in [0.1, 0.15) is 22.3 Å². The van der Waals surface area contributed by atoms with Crippen molar-refractivity contribution in [2.45, 2.75) is 19.4 Å². The smallest absolute Gasteiger partial charge is 0.111 e. The number of thiophene rings is 1. The van der Waals surface area contributed by atoms with Crippen LogP contribution in [0.4, 0.5) is 0 Å². The summed E-state index contributed by atoms with van der Waals surface area (Å²) in [6, 6.07) is 10.4. The predicted molar refractivity (Wildman–Crippen MR) is 91.2 cm³/mol. The zero-order chi connectivity index (χ0) is 15.0. The van der Waals surface area contributed by atoms with E-state index >= 15 is 0 Å². The molecule has 1 atom stereocenters. The van der Waals surface area contributed by atoms with E-state index in [1.165, 1.54) is 10.4 Å². The Morgan fingerprint density at radius 2 is 2.19 bits per heavy atom. The van der Waals surface area contributed by atoms with Gasteiger partial charge in [-0.05, 0) is 46.6 Å². The average Bonchev–Trinajstić information content (AvgIpc) is 2.98. The summed E-state index contributed by atoms with van der Waals surface area (Å²) in [6.45, 7) is 2.09. The molecule has 0 aliphatic rings.